The van der Waals surface area contributed by atoms with E-state index in [1.807, 2.05) is 6.92 Å². The molecule has 3 amide bonds. The van der Waals surface area contributed by atoms with Crippen LogP contribution in [-0.2, 0) is 27.4 Å². The number of fused-ring (bicyclic) bond motifs is 6. The Morgan fingerprint density at radius 1 is 0.785 bits per heavy atom. The summed E-state index contributed by atoms with van der Waals surface area (Å²) in [5, 5.41) is 23.4. The van der Waals surface area contributed by atoms with E-state index in [9.17, 15) is 23.2 Å². The average molecular weight is 901 g/mol. The Kier molecular flexibility index (Phi) is 13.2. The zero-order valence-electron chi connectivity index (χ0n) is 37.3. The number of carbonyl (C=O) groups is 3. The molecule has 2 atom stereocenters. The van der Waals surface area contributed by atoms with E-state index in [1.54, 1.807) is 59.0 Å². The number of hydrogen-bond donors (Lipinski definition) is 5. The fraction of sp³-hybridized carbons (Fsp3) is 0.372. The topological polar surface area (TPSA) is 221 Å². The standard InChI is InChI=1S/C24H29FN6O5.C19H21FN6O3/c1-13-11-35-12-14-7-16(25)20(34-6)17(8-14)28-18-9-19(30(5)23(33)36-24(2,3)4)31-21(29-18)15(10-26-31)22(32)27-13;1-10-8-29-9-11-4-13(20)17(28-3)14(5-11)24-15-6-16(21-2)26-18(25-15)12(7-22-26)19(27)23-10/h7-10,13H,11-12H2,1-6H3,(H,27,32)(H,28,29);4-7,10,21H,8-9H2,1-3H3,(H,23,27)(H,24,25)/t13-;10-/m11/s1. The zero-order chi connectivity index (χ0) is 46.7. The second kappa shape index (κ2) is 18.8. The molecule has 6 aromatic rings. The van der Waals surface area contributed by atoms with Gasteiger partial charge in [-0.05, 0) is 70.0 Å². The number of rotatable bonds is 4. The molecule has 2 aliphatic rings. The summed E-state index contributed by atoms with van der Waals surface area (Å²) in [5.41, 5.74) is 2.21. The summed E-state index contributed by atoms with van der Waals surface area (Å²) >= 11 is 0. The summed E-state index contributed by atoms with van der Waals surface area (Å²) in [6, 6.07) is 8.78. The molecule has 5 N–H and O–H groups in total. The molecule has 4 aromatic heterocycles. The van der Waals surface area contributed by atoms with Crippen LogP contribution in [0.5, 0.6) is 11.5 Å². The second-order valence-electron chi connectivity index (χ2n) is 16.2. The normalized spacial score (nSPS) is 16.5. The van der Waals surface area contributed by atoms with Crippen molar-refractivity contribution in [1.29, 1.82) is 0 Å². The van der Waals surface area contributed by atoms with Gasteiger partial charge < -0.3 is 50.3 Å². The highest BCUT2D eigenvalue weighted by Crippen LogP contribution is 2.35. The molecule has 22 heteroatoms. The van der Waals surface area contributed by atoms with Crippen molar-refractivity contribution in [3.8, 4) is 11.5 Å². The fourth-order valence-electron chi connectivity index (χ4n) is 6.94. The summed E-state index contributed by atoms with van der Waals surface area (Å²) in [7, 11) is 6.01. The van der Waals surface area contributed by atoms with Gasteiger partial charge in [0.2, 0.25) is 0 Å². The maximum atomic E-state index is 14.8. The molecule has 0 spiro atoms. The molecular formula is C43H50F2N12O8. The molecule has 0 unspecified atom stereocenters. The highest BCUT2D eigenvalue weighted by Gasteiger charge is 2.27. The number of halogens is 2. The van der Waals surface area contributed by atoms with E-state index in [0.717, 1.165) is 0 Å². The van der Waals surface area contributed by atoms with E-state index < -0.39 is 29.2 Å². The van der Waals surface area contributed by atoms with Gasteiger partial charge in [0.25, 0.3) is 11.8 Å². The first kappa shape index (κ1) is 45.7. The van der Waals surface area contributed by atoms with Crippen LogP contribution in [0.1, 0.15) is 66.5 Å². The Bertz CT molecular complexity index is 2770. The molecule has 8 rings (SSSR count). The number of hydrogen-bond acceptors (Lipinski definition) is 15. The van der Waals surface area contributed by atoms with Crippen LogP contribution in [-0.4, -0.2) is 106 Å². The molecule has 0 saturated carbocycles. The van der Waals surface area contributed by atoms with Crippen molar-refractivity contribution in [1.82, 2.24) is 39.8 Å². The van der Waals surface area contributed by atoms with E-state index >= 15 is 0 Å². The van der Waals surface area contributed by atoms with Crippen LogP contribution in [0.2, 0.25) is 0 Å². The quantitative estimate of drug-likeness (QED) is 0.138. The summed E-state index contributed by atoms with van der Waals surface area (Å²) < 4.78 is 59.6. The minimum absolute atomic E-state index is 0.0191. The number of ether oxygens (including phenoxy) is 5. The van der Waals surface area contributed by atoms with Crippen LogP contribution in [0.25, 0.3) is 11.3 Å². The van der Waals surface area contributed by atoms with Crippen LogP contribution in [0.3, 0.4) is 0 Å². The predicted octanol–water partition coefficient (Wildman–Crippen LogP) is 5.95. The third kappa shape index (κ3) is 10.1. The maximum absolute atomic E-state index is 14.8. The molecule has 20 nitrogen and oxygen atoms in total. The van der Waals surface area contributed by atoms with Gasteiger partial charge in [0, 0.05) is 38.3 Å². The largest absolute Gasteiger partial charge is 0.492 e. The van der Waals surface area contributed by atoms with Crippen molar-refractivity contribution in [3.63, 3.8) is 0 Å². The monoisotopic (exact) mass is 900 g/mol. The van der Waals surface area contributed by atoms with E-state index in [2.05, 4.69) is 46.7 Å². The van der Waals surface area contributed by atoms with E-state index in [0.29, 0.717) is 45.3 Å². The third-order valence-electron chi connectivity index (χ3n) is 9.85. The number of methoxy groups -OCH3 is 2. The van der Waals surface area contributed by atoms with Crippen LogP contribution in [0, 0.1) is 11.6 Å². The van der Waals surface area contributed by atoms with Crippen molar-refractivity contribution in [2.75, 3.05) is 62.4 Å². The summed E-state index contributed by atoms with van der Waals surface area (Å²) in [5.74, 6) is -0.247. The summed E-state index contributed by atoms with van der Waals surface area (Å²) in [6.07, 6.45) is 2.20. The Morgan fingerprint density at radius 3 is 1.74 bits per heavy atom. The van der Waals surface area contributed by atoms with Gasteiger partial charge in [-0.15, -0.1) is 0 Å². The van der Waals surface area contributed by atoms with Gasteiger partial charge in [-0.25, -0.2) is 23.5 Å². The third-order valence-corrected chi connectivity index (χ3v) is 9.85. The Labute approximate surface area is 371 Å². The fourth-order valence-corrected chi connectivity index (χ4v) is 6.94. The van der Waals surface area contributed by atoms with E-state index in [-0.39, 0.29) is 78.8 Å². The lowest BCUT2D eigenvalue weighted by Gasteiger charge is -2.25. The Balaban J connectivity index is 0.000000198. The van der Waals surface area contributed by atoms with Gasteiger partial charge in [0.1, 0.15) is 40.0 Å². The van der Waals surface area contributed by atoms with E-state index in [4.69, 9.17) is 23.7 Å². The van der Waals surface area contributed by atoms with Crippen molar-refractivity contribution in [2.24, 2.45) is 0 Å². The van der Waals surface area contributed by atoms with Crippen molar-refractivity contribution in [2.45, 2.75) is 65.5 Å². The highest BCUT2D eigenvalue weighted by molar-refractivity contribution is 6.01. The predicted molar refractivity (Wildman–Crippen MR) is 236 cm³/mol. The van der Waals surface area contributed by atoms with Crippen molar-refractivity contribution in [3.05, 3.63) is 82.7 Å². The number of nitrogens with one attached hydrogen (secondary N) is 5. The van der Waals surface area contributed by atoms with E-state index in [1.165, 1.54) is 59.7 Å². The average Bonchev–Trinajstić information content (AvgIpc) is 3.87. The number of amides is 3. The Morgan fingerprint density at radius 2 is 1.26 bits per heavy atom. The van der Waals surface area contributed by atoms with Gasteiger partial charge >= 0.3 is 6.09 Å². The van der Waals surface area contributed by atoms with Gasteiger partial charge in [-0.3, -0.25) is 14.5 Å². The number of nitrogens with zero attached hydrogens (tertiary/aromatic N) is 7. The first-order valence-corrected chi connectivity index (χ1v) is 20.4. The van der Waals surface area contributed by atoms with Crippen LogP contribution in [0.15, 0.2) is 48.8 Å². The smallest absolute Gasteiger partial charge is 0.415 e. The first-order chi connectivity index (χ1) is 31.0. The lowest BCUT2D eigenvalue weighted by atomic mass is 10.1. The van der Waals surface area contributed by atoms with Crippen LogP contribution in [0.4, 0.5) is 48.2 Å². The van der Waals surface area contributed by atoms with Crippen molar-refractivity contribution < 1.29 is 46.8 Å². The lowest BCUT2D eigenvalue weighted by Crippen LogP contribution is -2.36. The van der Waals surface area contributed by atoms with Crippen LogP contribution >= 0.6 is 0 Å². The Hall–Kier alpha value is -7.33. The molecule has 344 valence electrons. The van der Waals surface area contributed by atoms with Gasteiger partial charge in [-0.2, -0.15) is 19.2 Å². The van der Waals surface area contributed by atoms with Crippen LogP contribution < -0.4 is 41.0 Å². The maximum Gasteiger partial charge on any atom is 0.415 e. The highest BCUT2D eigenvalue weighted by atomic mass is 19.1. The first-order valence-electron chi connectivity index (χ1n) is 20.4. The molecule has 8 bridgehead atoms. The molecule has 2 aliphatic heterocycles. The molecule has 6 heterocycles. The molecule has 2 aromatic carbocycles. The minimum atomic E-state index is -0.731. The lowest BCUT2D eigenvalue weighted by molar-refractivity contribution is 0.0587. The van der Waals surface area contributed by atoms with Gasteiger partial charge in [0.05, 0.1) is 64.4 Å². The summed E-state index contributed by atoms with van der Waals surface area (Å²) in [6.45, 7) is 9.66. The number of anilines is 6. The van der Waals surface area contributed by atoms with Gasteiger partial charge in [-0.1, -0.05) is 0 Å². The second-order valence-corrected chi connectivity index (χ2v) is 16.2. The molecule has 0 saturated heterocycles. The van der Waals surface area contributed by atoms with Gasteiger partial charge in [0.15, 0.2) is 34.4 Å². The molecule has 0 fully saturated rings. The molecular weight excluding hydrogens is 851 g/mol. The molecule has 0 aliphatic carbocycles. The zero-order valence-corrected chi connectivity index (χ0v) is 37.3. The van der Waals surface area contributed by atoms with Crippen molar-refractivity contribution >= 4 is 63.8 Å². The number of carbonyl (C=O) groups excluding carboxylic acids is 3. The number of aromatic nitrogens is 6. The number of benzene rings is 2. The SMILES string of the molecule is CNc1cc2nc3c(cnn13)C(=O)N[C@H](C)COCc1cc(F)c(OC)c(c1)N2.COc1c(F)cc2cc1Nc1cc(N(C)C(=O)OC(C)(C)C)n3ncc(c3n1)C(=O)N[C@H](C)COC2. The molecule has 0 radical (unpaired) electrons. The molecule has 65 heavy (non-hydrogen) atoms. The minimum Gasteiger partial charge on any atom is -0.492 e. The summed E-state index contributed by atoms with van der Waals surface area (Å²) in [4.78, 5) is 48.9.